The van der Waals surface area contributed by atoms with Crippen LogP contribution in [0.4, 0.5) is 5.82 Å². The number of nitrogens with two attached hydrogens (primary N) is 1. The Labute approximate surface area is 220 Å². The van der Waals surface area contributed by atoms with E-state index in [1.807, 2.05) is 13.0 Å². The second-order valence-electron chi connectivity index (χ2n) is 10.9. The predicted molar refractivity (Wildman–Crippen MR) is 155 cm³/mol. The second kappa shape index (κ2) is 17.4. The van der Waals surface area contributed by atoms with Gasteiger partial charge in [0.2, 0.25) is 10.0 Å². The van der Waals surface area contributed by atoms with E-state index in [2.05, 4.69) is 51.0 Å². The molecule has 1 aromatic rings. The third-order valence-corrected chi connectivity index (χ3v) is 8.84. The average Bonchev–Trinajstić information content (AvgIpc) is 2.76. The number of anilines is 1. The molecule has 5 nitrogen and oxygen atoms in total. The van der Waals surface area contributed by atoms with E-state index in [-0.39, 0.29) is 0 Å². The zero-order valence-corrected chi connectivity index (χ0v) is 24.7. The number of allylic oxidation sites excluding steroid dienone is 1. The van der Waals surface area contributed by atoms with Crippen LogP contribution in [0.3, 0.4) is 0 Å². The Hall–Kier alpha value is -1.05. The molecule has 0 aliphatic rings. The molecule has 0 aliphatic heterocycles. The average molecular weight is 526 g/mol. The highest BCUT2D eigenvalue weighted by molar-refractivity contribution is 8.00. The summed E-state index contributed by atoms with van der Waals surface area (Å²) in [6.45, 7) is 13.6. The zero-order chi connectivity index (χ0) is 26.3. The van der Waals surface area contributed by atoms with Crippen molar-refractivity contribution >= 4 is 27.6 Å². The van der Waals surface area contributed by atoms with Crippen molar-refractivity contribution < 1.29 is 8.42 Å². The highest BCUT2D eigenvalue weighted by Gasteiger charge is 2.21. The largest absolute Gasteiger partial charge is 0.352 e. The number of nitrogens with one attached hydrogen (secondary N) is 1. The van der Waals surface area contributed by atoms with Gasteiger partial charge < -0.3 is 5.32 Å². The van der Waals surface area contributed by atoms with Crippen LogP contribution in [0.15, 0.2) is 30.0 Å². The second-order valence-corrected chi connectivity index (χ2v) is 13.7. The summed E-state index contributed by atoms with van der Waals surface area (Å²) >= 11 is 1.57. The van der Waals surface area contributed by atoms with Gasteiger partial charge in [-0.3, -0.25) is 0 Å². The molecule has 7 heteroatoms. The maximum absolute atomic E-state index is 12.0. The van der Waals surface area contributed by atoms with E-state index in [4.69, 9.17) is 5.14 Å². The number of pyridine rings is 1. The molecule has 0 amide bonds. The monoisotopic (exact) mass is 525 g/mol. The Morgan fingerprint density at radius 2 is 1.63 bits per heavy atom. The Kier molecular flexibility index (Phi) is 15.9. The molecule has 3 unspecified atom stereocenters. The van der Waals surface area contributed by atoms with Crippen molar-refractivity contribution in [3.05, 3.63) is 35.5 Å². The molecule has 35 heavy (non-hydrogen) atoms. The lowest BCUT2D eigenvalue weighted by molar-refractivity contribution is 0.389. The van der Waals surface area contributed by atoms with Crippen molar-refractivity contribution in [1.82, 2.24) is 4.98 Å². The number of aromatic nitrogens is 1. The molecular weight excluding hydrogens is 474 g/mol. The van der Waals surface area contributed by atoms with E-state index in [0.29, 0.717) is 11.6 Å². The maximum atomic E-state index is 12.0. The number of hydrogen-bond acceptors (Lipinski definition) is 5. The first kappa shape index (κ1) is 32.0. The highest BCUT2D eigenvalue weighted by Crippen LogP contribution is 2.22. The van der Waals surface area contributed by atoms with E-state index in [1.165, 1.54) is 56.9 Å². The van der Waals surface area contributed by atoms with Gasteiger partial charge in [0, 0.05) is 17.7 Å². The van der Waals surface area contributed by atoms with Crippen LogP contribution in [0.2, 0.25) is 0 Å². The van der Waals surface area contributed by atoms with Gasteiger partial charge in [0.25, 0.3) is 0 Å². The molecule has 3 atom stereocenters. The van der Waals surface area contributed by atoms with Gasteiger partial charge in [0.05, 0.1) is 0 Å². The summed E-state index contributed by atoms with van der Waals surface area (Å²) in [4.78, 5) is 4.23. The Morgan fingerprint density at radius 1 is 1.03 bits per heavy atom. The molecule has 3 N–H and O–H groups in total. The van der Waals surface area contributed by atoms with E-state index in [0.717, 1.165) is 35.5 Å². The SMILES string of the molecule is C/C(=C\CSCC(Nc1ccc(C)cn1)S(N)(=O)=O)CCCC(C)CCCC(C)CCCC(C)C. The number of rotatable bonds is 19. The molecule has 1 rings (SSSR count). The summed E-state index contributed by atoms with van der Waals surface area (Å²) in [6.07, 6.45) is 15.7. The van der Waals surface area contributed by atoms with Gasteiger partial charge in [-0.1, -0.05) is 90.4 Å². The van der Waals surface area contributed by atoms with Crippen LogP contribution >= 0.6 is 11.8 Å². The van der Waals surface area contributed by atoms with Crippen LogP contribution in [0.5, 0.6) is 0 Å². The first-order valence-corrected chi connectivity index (χ1v) is 16.2. The standard InChI is InChI=1S/C28H51N3O2S2/c1-22(2)10-7-11-23(3)12-8-13-24(4)14-9-15-25(5)18-19-34-21-28(35(29,32)33)31-27-17-16-26(6)20-30-27/h16-18,20,22-24,28H,7-15,19,21H2,1-6H3,(H,30,31)(H2,29,32,33)/b25-18+. The number of thioether (sulfide) groups is 1. The fourth-order valence-electron chi connectivity index (χ4n) is 4.12. The van der Waals surface area contributed by atoms with Crippen molar-refractivity contribution in [2.75, 3.05) is 16.8 Å². The maximum Gasteiger partial charge on any atom is 0.231 e. The van der Waals surface area contributed by atoms with Crippen LogP contribution in [0.25, 0.3) is 0 Å². The Bertz CT molecular complexity index is 823. The topological polar surface area (TPSA) is 85.1 Å². The first-order chi connectivity index (χ1) is 16.5. The predicted octanol–water partition coefficient (Wildman–Crippen LogP) is 7.54. The van der Waals surface area contributed by atoms with Crippen LogP contribution < -0.4 is 10.5 Å². The highest BCUT2D eigenvalue weighted by atomic mass is 32.2. The summed E-state index contributed by atoms with van der Waals surface area (Å²) < 4.78 is 24.0. The van der Waals surface area contributed by atoms with Gasteiger partial charge >= 0.3 is 0 Å². The zero-order valence-electron chi connectivity index (χ0n) is 23.1. The van der Waals surface area contributed by atoms with Gasteiger partial charge in [-0.2, -0.15) is 11.8 Å². The summed E-state index contributed by atoms with van der Waals surface area (Å²) in [5.74, 6) is 4.17. The third-order valence-electron chi connectivity index (χ3n) is 6.58. The Balaban J connectivity index is 2.23. The molecule has 0 saturated heterocycles. The van der Waals surface area contributed by atoms with Gasteiger partial charge in [0.15, 0.2) is 5.37 Å². The number of primary sulfonamides is 1. The lowest BCUT2D eigenvalue weighted by Crippen LogP contribution is -2.37. The number of sulfonamides is 1. The summed E-state index contributed by atoms with van der Waals surface area (Å²) in [7, 11) is -3.71. The molecular formula is C28H51N3O2S2. The molecule has 0 fully saturated rings. The van der Waals surface area contributed by atoms with Gasteiger partial charge in [0.1, 0.15) is 5.82 Å². The molecule has 0 aliphatic carbocycles. The van der Waals surface area contributed by atoms with Crippen LogP contribution in [0.1, 0.15) is 98.0 Å². The van der Waals surface area contributed by atoms with E-state index < -0.39 is 15.4 Å². The third kappa shape index (κ3) is 16.3. The molecule has 0 radical (unpaired) electrons. The molecule has 0 bridgehead atoms. The summed E-state index contributed by atoms with van der Waals surface area (Å²) in [5, 5.41) is 7.53. The fraction of sp³-hybridized carbons (Fsp3) is 0.750. The van der Waals surface area contributed by atoms with E-state index in [1.54, 1.807) is 24.0 Å². The van der Waals surface area contributed by atoms with Crippen LogP contribution in [0, 0.1) is 24.7 Å². The van der Waals surface area contributed by atoms with E-state index >= 15 is 0 Å². The van der Waals surface area contributed by atoms with Crippen molar-refractivity contribution in [2.45, 2.75) is 105 Å². The van der Waals surface area contributed by atoms with Gasteiger partial charge in [-0.05, 0) is 56.1 Å². The Morgan fingerprint density at radius 3 is 2.17 bits per heavy atom. The normalized spacial score (nSPS) is 15.3. The molecule has 0 aromatic carbocycles. The smallest absolute Gasteiger partial charge is 0.231 e. The van der Waals surface area contributed by atoms with E-state index in [9.17, 15) is 8.42 Å². The van der Waals surface area contributed by atoms with Crippen molar-refractivity contribution in [3.63, 3.8) is 0 Å². The minimum atomic E-state index is -3.71. The molecule has 0 saturated carbocycles. The lowest BCUT2D eigenvalue weighted by Gasteiger charge is -2.16. The first-order valence-electron chi connectivity index (χ1n) is 13.4. The minimum absolute atomic E-state index is 0.380. The van der Waals surface area contributed by atoms with Crippen LogP contribution in [-0.2, 0) is 10.0 Å². The van der Waals surface area contributed by atoms with Crippen molar-refractivity contribution in [3.8, 4) is 0 Å². The molecule has 202 valence electrons. The van der Waals surface area contributed by atoms with Gasteiger partial charge in [-0.25, -0.2) is 18.5 Å². The van der Waals surface area contributed by atoms with Gasteiger partial charge in [-0.15, -0.1) is 0 Å². The minimum Gasteiger partial charge on any atom is -0.352 e. The van der Waals surface area contributed by atoms with Crippen molar-refractivity contribution in [1.29, 1.82) is 0 Å². The quantitative estimate of drug-likeness (QED) is 0.144. The van der Waals surface area contributed by atoms with Crippen LogP contribution in [-0.4, -0.2) is 30.3 Å². The summed E-state index contributed by atoms with van der Waals surface area (Å²) in [6, 6.07) is 3.67. The summed E-state index contributed by atoms with van der Waals surface area (Å²) in [5.41, 5.74) is 2.40. The molecule has 0 spiro atoms. The molecule has 1 heterocycles. The van der Waals surface area contributed by atoms with Crippen molar-refractivity contribution in [2.24, 2.45) is 22.9 Å². The number of aryl methyl sites for hydroxylation is 1. The molecule has 1 aromatic heterocycles. The number of hydrogen-bond donors (Lipinski definition) is 2. The lowest BCUT2D eigenvalue weighted by atomic mass is 9.91. The number of nitrogens with zero attached hydrogens (tertiary/aromatic N) is 1. The fourth-order valence-corrected chi connectivity index (χ4v) is 6.29.